The van der Waals surface area contributed by atoms with Crippen molar-refractivity contribution in [3.63, 3.8) is 0 Å². The summed E-state index contributed by atoms with van der Waals surface area (Å²) < 4.78 is 10.7. The number of rotatable bonds is 1. The fourth-order valence-electron chi connectivity index (χ4n) is 1.55. The highest BCUT2D eigenvalue weighted by molar-refractivity contribution is 7.11. The van der Waals surface area contributed by atoms with Gasteiger partial charge in [-0.2, -0.15) is 0 Å². The Morgan fingerprint density at radius 3 is 2.60 bits per heavy atom. The van der Waals surface area contributed by atoms with Crippen LogP contribution in [0.5, 0.6) is 0 Å². The van der Waals surface area contributed by atoms with Crippen LogP contribution in [0.2, 0.25) is 0 Å². The number of esters is 1. The van der Waals surface area contributed by atoms with Gasteiger partial charge in [0.15, 0.2) is 0 Å². The van der Waals surface area contributed by atoms with E-state index in [-0.39, 0.29) is 5.97 Å². The van der Waals surface area contributed by atoms with Crippen molar-refractivity contribution in [3.8, 4) is 0 Å². The van der Waals surface area contributed by atoms with E-state index in [1.54, 1.807) is 20.8 Å². The summed E-state index contributed by atoms with van der Waals surface area (Å²) in [5.74, 6) is -0.549. The van der Waals surface area contributed by atoms with Crippen LogP contribution in [0.4, 0.5) is 0 Å². The average Bonchev–Trinajstić information content (AvgIpc) is 2.52. The Labute approximate surface area is 92.3 Å². The van der Waals surface area contributed by atoms with Crippen molar-refractivity contribution in [2.75, 3.05) is 0 Å². The lowest BCUT2D eigenvalue weighted by Crippen LogP contribution is -2.35. The van der Waals surface area contributed by atoms with E-state index in [1.807, 2.05) is 17.5 Å². The van der Waals surface area contributed by atoms with E-state index in [0.29, 0.717) is 11.3 Å². The third-order valence-electron chi connectivity index (χ3n) is 2.06. The molecule has 0 spiro atoms. The summed E-state index contributed by atoms with van der Waals surface area (Å²) in [5, 5.41) is 1.92. The zero-order valence-corrected chi connectivity index (χ0v) is 9.68. The standard InChI is InChI=1S/C11H12O3S/c1-7-9(8-5-4-6-15-8)10(12)14-11(2,3)13-7/h4-6H,1-3H3. The molecule has 0 aliphatic carbocycles. The molecule has 1 aromatic heterocycles. The first kappa shape index (κ1) is 10.2. The van der Waals surface area contributed by atoms with Gasteiger partial charge in [0.2, 0.25) is 5.79 Å². The number of hydrogen-bond acceptors (Lipinski definition) is 4. The number of thiophene rings is 1. The summed E-state index contributed by atoms with van der Waals surface area (Å²) in [6.07, 6.45) is 0. The number of carbonyl (C=O) groups excluding carboxylic acids is 1. The van der Waals surface area contributed by atoms with Crippen molar-refractivity contribution < 1.29 is 14.3 Å². The Kier molecular flexibility index (Phi) is 2.31. The summed E-state index contributed by atoms with van der Waals surface area (Å²) in [4.78, 5) is 12.6. The lowest BCUT2D eigenvalue weighted by atomic mass is 10.1. The molecule has 1 aliphatic heterocycles. The maximum Gasteiger partial charge on any atom is 0.346 e. The van der Waals surface area contributed by atoms with Gasteiger partial charge < -0.3 is 9.47 Å². The van der Waals surface area contributed by atoms with Crippen LogP contribution in [-0.2, 0) is 14.3 Å². The van der Waals surface area contributed by atoms with Gasteiger partial charge in [0, 0.05) is 18.7 Å². The third-order valence-corrected chi connectivity index (χ3v) is 2.95. The van der Waals surface area contributed by atoms with Crippen LogP contribution in [0.1, 0.15) is 25.6 Å². The Hall–Kier alpha value is -1.29. The summed E-state index contributed by atoms with van der Waals surface area (Å²) in [5.41, 5.74) is 0.532. The van der Waals surface area contributed by atoms with Gasteiger partial charge in [0.05, 0.1) is 0 Å². The van der Waals surface area contributed by atoms with Gasteiger partial charge in [-0.25, -0.2) is 4.79 Å². The normalized spacial score (nSPS) is 19.8. The fourth-order valence-corrected chi connectivity index (χ4v) is 2.36. The molecule has 1 aliphatic rings. The first-order valence-corrected chi connectivity index (χ1v) is 5.55. The molecule has 1 aromatic rings. The first-order valence-electron chi connectivity index (χ1n) is 4.67. The van der Waals surface area contributed by atoms with Crippen LogP contribution in [0.15, 0.2) is 23.3 Å². The van der Waals surface area contributed by atoms with Gasteiger partial charge >= 0.3 is 5.97 Å². The maximum atomic E-state index is 11.8. The van der Waals surface area contributed by atoms with Crippen molar-refractivity contribution >= 4 is 22.9 Å². The highest BCUT2D eigenvalue weighted by Gasteiger charge is 2.34. The number of hydrogen-bond donors (Lipinski definition) is 0. The van der Waals surface area contributed by atoms with Crippen LogP contribution in [0.25, 0.3) is 5.57 Å². The van der Waals surface area contributed by atoms with Crippen LogP contribution < -0.4 is 0 Å². The molecule has 0 bridgehead atoms. The monoisotopic (exact) mass is 224 g/mol. The minimum absolute atomic E-state index is 0.314. The Morgan fingerprint density at radius 1 is 1.33 bits per heavy atom. The molecule has 0 unspecified atom stereocenters. The van der Waals surface area contributed by atoms with E-state index in [9.17, 15) is 4.79 Å². The second-order valence-electron chi connectivity index (χ2n) is 3.80. The zero-order chi connectivity index (χ0) is 11.1. The highest BCUT2D eigenvalue weighted by atomic mass is 32.1. The molecule has 0 N–H and O–H groups in total. The van der Waals surface area contributed by atoms with Crippen LogP contribution in [0.3, 0.4) is 0 Å². The van der Waals surface area contributed by atoms with Gasteiger partial charge in [-0.05, 0) is 18.4 Å². The highest BCUT2D eigenvalue weighted by Crippen LogP contribution is 2.33. The Morgan fingerprint density at radius 2 is 2.07 bits per heavy atom. The second-order valence-corrected chi connectivity index (χ2v) is 4.75. The number of carbonyl (C=O) groups is 1. The second kappa shape index (κ2) is 3.38. The van der Waals surface area contributed by atoms with Crippen molar-refractivity contribution in [1.29, 1.82) is 0 Å². The van der Waals surface area contributed by atoms with Crippen molar-refractivity contribution in [1.82, 2.24) is 0 Å². The van der Waals surface area contributed by atoms with Gasteiger partial charge in [0.25, 0.3) is 0 Å². The minimum Gasteiger partial charge on any atom is -0.456 e. The molecule has 15 heavy (non-hydrogen) atoms. The average molecular weight is 224 g/mol. The molecule has 4 heteroatoms. The van der Waals surface area contributed by atoms with E-state index in [4.69, 9.17) is 9.47 Å². The summed E-state index contributed by atoms with van der Waals surface area (Å²) >= 11 is 1.50. The first-order chi connectivity index (χ1) is 6.99. The van der Waals surface area contributed by atoms with Gasteiger partial charge in [-0.3, -0.25) is 0 Å². The summed E-state index contributed by atoms with van der Waals surface area (Å²) in [7, 11) is 0. The molecule has 2 heterocycles. The summed E-state index contributed by atoms with van der Waals surface area (Å²) in [6, 6.07) is 3.78. The van der Waals surface area contributed by atoms with E-state index >= 15 is 0 Å². The Bertz CT molecular complexity index is 415. The number of allylic oxidation sites excluding steroid dienone is 1. The van der Waals surface area contributed by atoms with Crippen molar-refractivity contribution in [2.45, 2.75) is 26.6 Å². The number of cyclic esters (lactones) is 1. The molecule has 0 aromatic carbocycles. The van der Waals surface area contributed by atoms with Crippen molar-refractivity contribution in [3.05, 3.63) is 28.1 Å². The van der Waals surface area contributed by atoms with E-state index in [1.165, 1.54) is 11.3 Å². The molecule has 2 rings (SSSR count). The van der Waals surface area contributed by atoms with Crippen molar-refractivity contribution in [2.24, 2.45) is 0 Å². The maximum absolute atomic E-state index is 11.8. The molecule has 0 saturated carbocycles. The third kappa shape index (κ3) is 1.90. The van der Waals surface area contributed by atoms with E-state index in [0.717, 1.165) is 4.88 Å². The molecule has 0 fully saturated rings. The molecule has 3 nitrogen and oxygen atoms in total. The quantitative estimate of drug-likeness (QED) is 0.688. The molecule has 0 saturated heterocycles. The predicted octanol–water partition coefficient (Wildman–Crippen LogP) is 2.79. The minimum atomic E-state index is -0.859. The van der Waals surface area contributed by atoms with Gasteiger partial charge in [0.1, 0.15) is 11.3 Å². The molecule has 0 radical (unpaired) electrons. The van der Waals surface area contributed by atoms with Crippen LogP contribution in [-0.4, -0.2) is 11.8 Å². The molecular formula is C11H12O3S. The molecule has 0 amide bonds. The largest absolute Gasteiger partial charge is 0.456 e. The molecular weight excluding hydrogens is 212 g/mol. The van der Waals surface area contributed by atoms with Gasteiger partial charge in [-0.1, -0.05) is 6.07 Å². The zero-order valence-electron chi connectivity index (χ0n) is 8.87. The van der Waals surface area contributed by atoms with Crippen LogP contribution in [0, 0.1) is 0 Å². The lowest BCUT2D eigenvalue weighted by molar-refractivity contribution is -0.202. The number of ether oxygens (including phenoxy) is 2. The van der Waals surface area contributed by atoms with Gasteiger partial charge in [-0.15, -0.1) is 11.3 Å². The SMILES string of the molecule is CC1=C(c2cccs2)C(=O)OC(C)(C)O1. The molecule has 80 valence electrons. The van der Waals surface area contributed by atoms with E-state index in [2.05, 4.69) is 0 Å². The lowest BCUT2D eigenvalue weighted by Gasteiger charge is -2.32. The molecule has 0 atom stereocenters. The fraction of sp³-hybridized carbons (Fsp3) is 0.364. The smallest absolute Gasteiger partial charge is 0.346 e. The Balaban J connectivity index is 2.44. The van der Waals surface area contributed by atoms with Crippen LogP contribution >= 0.6 is 11.3 Å². The predicted molar refractivity (Wildman–Crippen MR) is 58.2 cm³/mol. The topological polar surface area (TPSA) is 35.5 Å². The van der Waals surface area contributed by atoms with E-state index < -0.39 is 5.79 Å². The summed E-state index contributed by atoms with van der Waals surface area (Å²) in [6.45, 7) is 5.23.